The first-order chi connectivity index (χ1) is 25.2. The van der Waals surface area contributed by atoms with Crippen molar-refractivity contribution >= 4 is 55.8 Å². The Morgan fingerprint density at radius 3 is 2.58 bits per heavy atom. The molecule has 4 aromatic carbocycles. The molecule has 0 aliphatic carbocycles. The molecule has 7 aromatic rings. The Balaban J connectivity index is 1.14. The van der Waals surface area contributed by atoms with E-state index in [9.17, 15) is 14.0 Å². The van der Waals surface area contributed by atoms with E-state index in [2.05, 4.69) is 34.0 Å². The van der Waals surface area contributed by atoms with Gasteiger partial charge in [-0.25, -0.2) is 4.39 Å². The molecule has 3 heterocycles. The van der Waals surface area contributed by atoms with Crippen molar-refractivity contribution in [1.82, 2.24) is 25.2 Å². The highest BCUT2D eigenvalue weighted by atomic mass is 19.1. The lowest BCUT2D eigenvalue weighted by molar-refractivity contribution is -0.116. The molecule has 0 atom stereocenters. The third-order valence-corrected chi connectivity index (χ3v) is 9.27. The molecule has 52 heavy (non-hydrogen) atoms. The summed E-state index contributed by atoms with van der Waals surface area (Å²) >= 11 is 0. The van der Waals surface area contributed by atoms with Gasteiger partial charge in [-0.3, -0.25) is 19.3 Å². The zero-order chi connectivity index (χ0) is 36.4. The smallest absolute Gasteiger partial charge is 0.270 e. The molecule has 0 fully saturated rings. The van der Waals surface area contributed by atoms with E-state index in [0.29, 0.717) is 71.7 Å². The molecule has 0 radical (unpaired) electrons. The Labute approximate surface area is 298 Å². The van der Waals surface area contributed by atoms with E-state index >= 15 is 0 Å². The maximum Gasteiger partial charge on any atom is 0.270 e. The van der Waals surface area contributed by atoms with Crippen LogP contribution in [0.2, 0.25) is 0 Å². The number of carbonyl (C=O) groups is 2. The number of ether oxygens (including phenoxy) is 1. The zero-order valence-corrected chi connectivity index (χ0v) is 29.1. The van der Waals surface area contributed by atoms with Crippen molar-refractivity contribution < 1.29 is 23.2 Å². The van der Waals surface area contributed by atoms with Crippen LogP contribution >= 0.6 is 0 Å². The van der Waals surface area contributed by atoms with Gasteiger partial charge in [0.2, 0.25) is 5.91 Å². The fourth-order valence-electron chi connectivity index (χ4n) is 6.71. The van der Waals surface area contributed by atoms with Crippen molar-refractivity contribution in [2.75, 3.05) is 24.7 Å². The summed E-state index contributed by atoms with van der Waals surface area (Å²) in [7, 11) is 1.61. The molecule has 0 saturated carbocycles. The number of hydrogen-bond donors (Lipinski definition) is 3. The minimum Gasteiger partial charge on any atom is -0.496 e. The van der Waals surface area contributed by atoms with Gasteiger partial charge < -0.3 is 25.6 Å². The predicted octanol–water partition coefficient (Wildman–Crippen LogP) is 7.72. The number of anilines is 2. The number of pyridine rings is 1. The molecule has 0 spiro atoms. The maximum atomic E-state index is 14.0. The number of aromatic nitrogens is 4. The normalized spacial score (nSPS) is 11.4. The second-order valence-electron chi connectivity index (χ2n) is 12.8. The van der Waals surface area contributed by atoms with Gasteiger partial charge in [-0.2, -0.15) is 5.10 Å². The fourth-order valence-corrected chi connectivity index (χ4v) is 6.71. The quantitative estimate of drug-likeness (QED) is 0.0867. The van der Waals surface area contributed by atoms with Crippen LogP contribution < -0.4 is 21.1 Å². The average Bonchev–Trinajstić information content (AvgIpc) is 3.68. The number of rotatable bonds is 12. The van der Waals surface area contributed by atoms with Crippen LogP contribution in [0.25, 0.3) is 43.7 Å². The largest absolute Gasteiger partial charge is 0.496 e. The number of hydrogen-bond acceptors (Lipinski definition) is 8. The van der Waals surface area contributed by atoms with Crippen LogP contribution in [0.15, 0.2) is 83.5 Å². The fraction of sp³-hybridized carbons (Fsp3) is 0.225. The number of benzene rings is 4. The van der Waals surface area contributed by atoms with Crippen molar-refractivity contribution in [2.24, 2.45) is 0 Å². The molecule has 0 unspecified atom stereocenters. The predicted molar refractivity (Wildman–Crippen MR) is 200 cm³/mol. The molecule has 7 rings (SSSR count). The van der Waals surface area contributed by atoms with Gasteiger partial charge in [0, 0.05) is 30.1 Å². The van der Waals surface area contributed by atoms with Crippen molar-refractivity contribution in [1.29, 1.82) is 0 Å². The number of amides is 2. The highest BCUT2D eigenvalue weighted by Gasteiger charge is 2.24. The first kappa shape index (κ1) is 34.2. The highest BCUT2D eigenvalue weighted by Crippen LogP contribution is 2.39. The topological polar surface area (TPSA) is 150 Å². The van der Waals surface area contributed by atoms with E-state index in [-0.39, 0.29) is 23.9 Å². The van der Waals surface area contributed by atoms with Crippen LogP contribution in [0, 0.1) is 19.7 Å². The van der Waals surface area contributed by atoms with Crippen LogP contribution in [0.3, 0.4) is 0 Å². The minimum absolute atomic E-state index is 0.173. The molecule has 2 amide bonds. The first-order valence-electron chi connectivity index (χ1n) is 17.1. The Morgan fingerprint density at radius 2 is 1.79 bits per heavy atom. The van der Waals surface area contributed by atoms with Gasteiger partial charge in [0.25, 0.3) is 5.91 Å². The van der Waals surface area contributed by atoms with Gasteiger partial charge >= 0.3 is 0 Å². The lowest BCUT2D eigenvalue weighted by atomic mass is 10.00. The van der Waals surface area contributed by atoms with E-state index < -0.39 is 5.82 Å². The summed E-state index contributed by atoms with van der Waals surface area (Å²) in [6.45, 7) is 4.51. The highest BCUT2D eigenvalue weighted by molar-refractivity contribution is 6.13. The number of carbonyl (C=O) groups excluding carboxylic acids is 2. The number of unbranched alkanes of at least 4 members (excludes halogenated alkanes) is 2. The average molecular weight is 700 g/mol. The van der Waals surface area contributed by atoms with Gasteiger partial charge in [0.15, 0.2) is 0 Å². The third kappa shape index (κ3) is 6.74. The third-order valence-electron chi connectivity index (χ3n) is 9.27. The molecule has 0 aliphatic rings. The zero-order valence-electron chi connectivity index (χ0n) is 29.1. The SMILES string of the molecule is COc1cc2c(cc1-c1c(C)noc1C)ncc1c(C(=O)NCCCCCC(=O)Nc3ccc(F)cc3N)n(Cc3cccc4ccccc34)nc12. The van der Waals surface area contributed by atoms with Gasteiger partial charge in [0.05, 0.1) is 47.2 Å². The number of fused-ring (bicyclic) bond motifs is 4. The molecule has 0 saturated heterocycles. The second-order valence-corrected chi connectivity index (χ2v) is 12.8. The molecule has 12 heteroatoms. The number of aryl methyl sites for hydroxylation is 2. The molecule has 11 nitrogen and oxygen atoms in total. The molecule has 3 aromatic heterocycles. The van der Waals surface area contributed by atoms with E-state index in [1.165, 1.54) is 18.2 Å². The molecule has 0 bridgehead atoms. The van der Waals surface area contributed by atoms with Crippen LogP contribution in [-0.2, 0) is 11.3 Å². The van der Waals surface area contributed by atoms with Crippen LogP contribution in [0.4, 0.5) is 15.8 Å². The Morgan fingerprint density at radius 1 is 0.962 bits per heavy atom. The molecular weight excluding hydrogens is 661 g/mol. The molecule has 0 aliphatic heterocycles. The van der Waals surface area contributed by atoms with E-state index in [4.69, 9.17) is 25.1 Å². The number of nitrogen functional groups attached to an aromatic ring is 1. The first-order valence-corrected chi connectivity index (χ1v) is 17.1. The Kier molecular flexibility index (Phi) is 9.53. The van der Waals surface area contributed by atoms with Gasteiger partial charge in [0.1, 0.15) is 28.5 Å². The number of nitrogens with two attached hydrogens (primary N) is 1. The summed E-state index contributed by atoms with van der Waals surface area (Å²) in [5, 5.41) is 18.5. The Hall–Kier alpha value is -6.30. The van der Waals surface area contributed by atoms with Crippen LogP contribution in [0.5, 0.6) is 5.75 Å². The second kappa shape index (κ2) is 14.5. The van der Waals surface area contributed by atoms with Crippen molar-refractivity contribution in [3.63, 3.8) is 0 Å². The molecular formula is C40H38FN7O4. The number of halogens is 1. The van der Waals surface area contributed by atoms with Crippen molar-refractivity contribution in [2.45, 2.75) is 46.1 Å². The number of nitrogens with one attached hydrogen (secondary N) is 2. The molecule has 4 N–H and O–H groups in total. The summed E-state index contributed by atoms with van der Waals surface area (Å²) in [6, 6.07) is 22.0. The van der Waals surface area contributed by atoms with E-state index in [1.807, 2.05) is 50.2 Å². The van der Waals surface area contributed by atoms with Gasteiger partial charge in [-0.05, 0) is 73.4 Å². The Bertz CT molecular complexity index is 2450. The number of nitrogens with zero attached hydrogens (tertiary/aromatic N) is 4. The van der Waals surface area contributed by atoms with Crippen molar-refractivity contribution in [3.05, 3.63) is 108 Å². The van der Waals surface area contributed by atoms with Gasteiger partial charge in [-0.15, -0.1) is 0 Å². The number of methoxy groups -OCH3 is 1. The summed E-state index contributed by atoms with van der Waals surface area (Å²) in [4.78, 5) is 31.2. The summed E-state index contributed by atoms with van der Waals surface area (Å²) in [5.74, 6) is 0.345. The minimum atomic E-state index is -0.463. The van der Waals surface area contributed by atoms with E-state index in [1.54, 1.807) is 18.0 Å². The van der Waals surface area contributed by atoms with Gasteiger partial charge in [-0.1, -0.05) is 54.0 Å². The lowest BCUT2D eigenvalue weighted by Crippen LogP contribution is -2.27. The summed E-state index contributed by atoms with van der Waals surface area (Å²) in [6.07, 6.45) is 3.96. The lowest BCUT2D eigenvalue weighted by Gasteiger charge is -2.11. The molecule has 264 valence electrons. The van der Waals surface area contributed by atoms with Crippen LogP contribution in [-0.4, -0.2) is 45.4 Å². The summed E-state index contributed by atoms with van der Waals surface area (Å²) in [5.41, 5.74) is 11.5. The van der Waals surface area contributed by atoms with E-state index in [0.717, 1.165) is 38.5 Å². The van der Waals surface area contributed by atoms with Crippen molar-refractivity contribution in [3.8, 4) is 16.9 Å². The standard InChI is InChI=1S/C40H38FN7O4/c1-23-37(24(2)52-47-23)30-19-34-29(20-35(30)51-3)38-31(21-44-34)39(48(46-38)22-26-12-9-11-25-10-6-7-13-28(25)26)40(50)43-17-8-4-5-14-36(49)45-33-16-15-27(41)18-32(33)42/h6-7,9-13,15-16,18-21H,4-5,8,14,17,22,42H2,1-3H3,(H,43,50)(H,45,49). The monoisotopic (exact) mass is 699 g/mol. The summed E-state index contributed by atoms with van der Waals surface area (Å²) < 4.78 is 26.4. The maximum absolute atomic E-state index is 14.0. The van der Waals surface area contributed by atoms with Crippen LogP contribution in [0.1, 0.15) is 53.2 Å².